The molecule has 0 aliphatic carbocycles. The molecule has 1 fully saturated rings. The second-order valence-corrected chi connectivity index (χ2v) is 5.87. The van der Waals surface area contributed by atoms with Crippen molar-refractivity contribution in [3.8, 4) is 0 Å². The van der Waals surface area contributed by atoms with E-state index >= 15 is 0 Å². The third-order valence-electron chi connectivity index (χ3n) is 4.19. The number of hydrogen-bond donors (Lipinski definition) is 1. The molecule has 3 aromatic rings. The maximum atomic E-state index is 12.2. The van der Waals surface area contributed by atoms with Crippen LogP contribution in [0.15, 0.2) is 43.0 Å². The summed E-state index contributed by atoms with van der Waals surface area (Å²) in [7, 11) is 0. The predicted octanol–water partition coefficient (Wildman–Crippen LogP) is 2.07. The van der Waals surface area contributed by atoms with E-state index in [4.69, 9.17) is 0 Å². The molecule has 0 bridgehead atoms. The van der Waals surface area contributed by atoms with E-state index in [1.54, 1.807) is 23.3 Å². The van der Waals surface area contributed by atoms with Gasteiger partial charge in [0.05, 0.1) is 6.33 Å². The number of amides is 1. The Balaban J connectivity index is 1.42. The van der Waals surface area contributed by atoms with Crippen molar-refractivity contribution in [2.45, 2.75) is 19.4 Å². The van der Waals surface area contributed by atoms with Gasteiger partial charge in [-0.2, -0.15) is 0 Å². The number of nitrogens with zero attached hydrogens (tertiary/aromatic N) is 5. The number of benzene rings is 1. The molecule has 1 aliphatic rings. The van der Waals surface area contributed by atoms with Gasteiger partial charge in [0.1, 0.15) is 6.54 Å². The van der Waals surface area contributed by atoms with Crippen LogP contribution >= 0.6 is 0 Å². The fraction of sp³-hybridized carbons (Fsp3) is 0.294. The average Bonchev–Trinajstić information content (AvgIpc) is 3.26. The maximum Gasteiger partial charge on any atom is 0.244 e. The zero-order chi connectivity index (χ0) is 16.4. The van der Waals surface area contributed by atoms with Crippen molar-refractivity contribution in [1.82, 2.24) is 19.5 Å². The number of anilines is 2. The second-order valence-electron chi connectivity index (χ2n) is 5.87. The molecule has 2 aromatic heterocycles. The monoisotopic (exact) mass is 322 g/mol. The Morgan fingerprint density at radius 2 is 1.79 bits per heavy atom. The summed E-state index contributed by atoms with van der Waals surface area (Å²) >= 11 is 0. The van der Waals surface area contributed by atoms with E-state index in [1.165, 1.54) is 18.5 Å². The summed E-state index contributed by atoms with van der Waals surface area (Å²) in [4.78, 5) is 27.1. The number of carbonyl (C=O) groups excluding carboxylic acids is 1. The Kier molecular flexibility index (Phi) is 3.82. The van der Waals surface area contributed by atoms with Gasteiger partial charge in [0.2, 0.25) is 5.91 Å². The van der Waals surface area contributed by atoms with E-state index < -0.39 is 0 Å². The number of aromatic nitrogens is 4. The van der Waals surface area contributed by atoms with Crippen molar-refractivity contribution in [2.75, 3.05) is 23.3 Å². The largest absolute Gasteiger partial charge is 0.372 e. The normalized spacial score (nSPS) is 14.2. The summed E-state index contributed by atoms with van der Waals surface area (Å²) in [6.45, 7) is 2.38. The lowest BCUT2D eigenvalue weighted by Gasteiger charge is -2.17. The number of carbonyl (C=O) groups is 1. The van der Waals surface area contributed by atoms with Crippen LogP contribution in [0.4, 0.5) is 11.4 Å². The van der Waals surface area contributed by atoms with Crippen LogP contribution in [0.5, 0.6) is 0 Å². The highest BCUT2D eigenvalue weighted by molar-refractivity contribution is 5.91. The van der Waals surface area contributed by atoms with Crippen molar-refractivity contribution in [2.24, 2.45) is 0 Å². The van der Waals surface area contributed by atoms with Crippen LogP contribution in [-0.2, 0) is 11.3 Å². The van der Waals surface area contributed by atoms with Crippen molar-refractivity contribution in [1.29, 1.82) is 0 Å². The highest BCUT2D eigenvalue weighted by Crippen LogP contribution is 2.22. The first-order chi connectivity index (χ1) is 11.8. The van der Waals surface area contributed by atoms with Gasteiger partial charge in [-0.1, -0.05) is 0 Å². The molecule has 122 valence electrons. The molecule has 24 heavy (non-hydrogen) atoms. The smallest absolute Gasteiger partial charge is 0.244 e. The molecule has 0 unspecified atom stereocenters. The topological polar surface area (TPSA) is 75.9 Å². The molecular formula is C17H18N6O. The van der Waals surface area contributed by atoms with Gasteiger partial charge in [-0.25, -0.2) is 15.0 Å². The van der Waals surface area contributed by atoms with Gasteiger partial charge in [0.15, 0.2) is 11.3 Å². The molecule has 0 saturated carbocycles. The van der Waals surface area contributed by atoms with E-state index in [0.717, 1.165) is 18.8 Å². The van der Waals surface area contributed by atoms with Gasteiger partial charge in [0, 0.05) is 36.9 Å². The molecule has 7 heteroatoms. The Bertz CT molecular complexity index is 851. The molecule has 1 N–H and O–H groups in total. The lowest BCUT2D eigenvalue weighted by Crippen LogP contribution is -2.19. The molecule has 1 saturated heterocycles. The Hall–Kier alpha value is -2.96. The number of fused-ring (bicyclic) bond motifs is 1. The fourth-order valence-corrected chi connectivity index (χ4v) is 3.00. The minimum absolute atomic E-state index is 0.117. The molecule has 3 heterocycles. The number of nitrogens with one attached hydrogen (secondary N) is 1. The number of rotatable bonds is 4. The summed E-state index contributed by atoms with van der Waals surface area (Å²) in [5.41, 5.74) is 3.15. The molecule has 1 aliphatic heterocycles. The van der Waals surface area contributed by atoms with Crippen LogP contribution in [0.3, 0.4) is 0 Å². The van der Waals surface area contributed by atoms with Crippen LogP contribution in [0, 0.1) is 0 Å². The summed E-state index contributed by atoms with van der Waals surface area (Å²) in [5.74, 6) is -0.117. The van der Waals surface area contributed by atoms with Gasteiger partial charge in [-0.05, 0) is 37.1 Å². The quantitative estimate of drug-likeness (QED) is 0.796. The van der Waals surface area contributed by atoms with Gasteiger partial charge in [-0.15, -0.1) is 0 Å². The lowest BCUT2D eigenvalue weighted by atomic mass is 10.2. The van der Waals surface area contributed by atoms with E-state index in [1.807, 2.05) is 12.1 Å². The van der Waals surface area contributed by atoms with E-state index in [9.17, 15) is 4.79 Å². The highest BCUT2D eigenvalue weighted by Gasteiger charge is 2.12. The standard InChI is InChI=1S/C17H18N6O/c24-15(11-23-12-20-16-17(23)19-8-7-18-16)21-13-3-5-14(6-4-13)22-9-1-2-10-22/h3-8,12H,1-2,9-11H2,(H,21,24). The molecule has 0 spiro atoms. The van der Waals surface area contributed by atoms with Crippen LogP contribution in [-0.4, -0.2) is 38.5 Å². The minimum atomic E-state index is -0.117. The average molecular weight is 322 g/mol. The van der Waals surface area contributed by atoms with Gasteiger partial charge in [-0.3, -0.25) is 4.79 Å². The lowest BCUT2D eigenvalue weighted by molar-refractivity contribution is -0.116. The Labute approximate surface area is 139 Å². The van der Waals surface area contributed by atoms with E-state index in [2.05, 4.69) is 37.3 Å². The number of imidazole rings is 1. The predicted molar refractivity (Wildman–Crippen MR) is 91.8 cm³/mol. The fourth-order valence-electron chi connectivity index (χ4n) is 3.00. The van der Waals surface area contributed by atoms with Gasteiger partial charge in [0.25, 0.3) is 0 Å². The van der Waals surface area contributed by atoms with Gasteiger partial charge < -0.3 is 14.8 Å². The van der Waals surface area contributed by atoms with Crippen LogP contribution in [0.2, 0.25) is 0 Å². The van der Waals surface area contributed by atoms with Crippen molar-refractivity contribution in [3.63, 3.8) is 0 Å². The molecule has 1 amide bonds. The van der Waals surface area contributed by atoms with Crippen molar-refractivity contribution < 1.29 is 4.79 Å². The molecule has 4 rings (SSSR count). The Morgan fingerprint density at radius 1 is 1.04 bits per heavy atom. The highest BCUT2D eigenvalue weighted by atomic mass is 16.1. The number of hydrogen-bond acceptors (Lipinski definition) is 5. The third-order valence-corrected chi connectivity index (χ3v) is 4.19. The summed E-state index contributed by atoms with van der Waals surface area (Å²) < 4.78 is 1.69. The molecule has 0 radical (unpaired) electrons. The van der Waals surface area contributed by atoms with Crippen molar-refractivity contribution >= 4 is 28.6 Å². The SMILES string of the molecule is O=C(Cn1cnc2nccnc21)Nc1ccc(N2CCCC2)cc1. The summed E-state index contributed by atoms with van der Waals surface area (Å²) in [6, 6.07) is 7.99. The zero-order valence-corrected chi connectivity index (χ0v) is 13.2. The minimum Gasteiger partial charge on any atom is -0.372 e. The van der Waals surface area contributed by atoms with Crippen LogP contribution in [0.1, 0.15) is 12.8 Å². The summed E-state index contributed by atoms with van der Waals surface area (Å²) in [6.07, 6.45) is 7.26. The summed E-state index contributed by atoms with van der Waals surface area (Å²) in [5, 5.41) is 2.91. The van der Waals surface area contributed by atoms with Crippen molar-refractivity contribution in [3.05, 3.63) is 43.0 Å². The van der Waals surface area contributed by atoms with Gasteiger partial charge >= 0.3 is 0 Å². The first-order valence-electron chi connectivity index (χ1n) is 8.06. The third kappa shape index (κ3) is 2.92. The maximum absolute atomic E-state index is 12.2. The molecule has 1 aromatic carbocycles. The van der Waals surface area contributed by atoms with Crippen LogP contribution in [0.25, 0.3) is 11.3 Å². The van der Waals surface area contributed by atoms with E-state index in [0.29, 0.717) is 11.3 Å². The Morgan fingerprint density at radius 3 is 2.58 bits per heavy atom. The zero-order valence-electron chi connectivity index (χ0n) is 13.2. The van der Waals surface area contributed by atoms with E-state index in [-0.39, 0.29) is 12.5 Å². The first-order valence-corrected chi connectivity index (χ1v) is 8.06. The molecule has 0 atom stereocenters. The molecule has 7 nitrogen and oxygen atoms in total. The first kappa shape index (κ1) is 14.6. The molecular weight excluding hydrogens is 304 g/mol. The van der Waals surface area contributed by atoms with Crippen LogP contribution < -0.4 is 10.2 Å². The second kappa shape index (κ2) is 6.27.